The lowest BCUT2D eigenvalue weighted by molar-refractivity contribution is -0.0157. The topological polar surface area (TPSA) is 88.4 Å². The van der Waals surface area contributed by atoms with E-state index in [0.29, 0.717) is 25.5 Å². The Morgan fingerprint density at radius 1 is 1.23 bits per heavy atom. The molecule has 26 heavy (non-hydrogen) atoms. The second kappa shape index (κ2) is 7.28. The van der Waals surface area contributed by atoms with E-state index >= 15 is 0 Å². The molecule has 2 aliphatic heterocycles. The molecule has 138 valence electrons. The van der Waals surface area contributed by atoms with Gasteiger partial charge in [0.2, 0.25) is 5.95 Å². The van der Waals surface area contributed by atoms with Gasteiger partial charge in [0.15, 0.2) is 0 Å². The number of nitrogens with one attached hydrogen (secondary N) is 1. The van der Waals surface area contributed by atoms with Gasteiger partial charge in [-0.25, -0.2) is 14.8 Å². The lowest BCUT2D eigenvalue weighted by Crippen LogP contribution is -2.44. The highest BCUT2D eigenvalue weighted by molar-refractivity contribution is 5.88. The van der Waals surface area contributed by atoms with Gasteiger partial charge in [-0.3, -0.25) is 10.00 Å². The number of aromatic nitrogens is 4. The molecule has 0 spiro atoms. The number of urea groups is 1. The van der Waals surface area contributed by atoms with Gasteiger partial charge in [0, 0.05) is 38.9 Å². The summed E-state index contributed by atoms with van der Waals surface area (Å²) in [6.45, 7) is 3.47. The van der Waals surface area contributed by atoms with Crippen molar-refractivity contribution in [3.8, 4) is 0 Å². The molecule has 1 unspecified atom stereocenters. The van der Waals surface area contributed by atoms with E-state index in [1.165, 1.54) is 12.8 Å². The molecular weight excluding hydrogens is 334 g/mol. The molecule has 0 bridgehead atoms. The Balaban J connectivity index is 1.44. The van der Waals surface area contributed by atoms with Crippen LogP contribution in [0.1, 0.15) is 24.6 Å². The van der Waals surface area contributed by atoms with Crippen molar-refractivity contribution >= 4 is 17.8 Å². The number of ether oxygens (including phenoxy) is 1. The molecular formula is C17H23N7O2. The Kier molecular flexibility index (Phi) is 4.70. The van der Waals surface area contributed by atoms with Gasteiger partial charge in [-0.05, 0) is 18.9 Å². The normalized spacial score (nSPS) is 20.4. The average molecular weight is 357 g/mol. The lowest BCUT2D eigenvalue weighted by Gasteiger charge is -2.32. The maximum Gasteiger partial charge on any atom is 0.323 e. The summed E-state index contributed by atoms with van der Waals surface area (Å²) in [5.41, 5.74) is 0.819. The molecule has 9 heteroatoms. The van der Waals surface area contributed by atoms with Crippen LogP contribution in [-0.4, -0.2) is 63.5 Å². The third-order valence-electron chi connectivity index (χ3n) is 4.79. The molecule has 2 aliphatic rings. The van der Waals surface area contributed by atoms with E-state index < -0.39 is 0 Å². The van der Waals surface area contributed by atoms with Crippen LogP contribution >= 0.6 is 0 Å². The number of aryl methyl sites for hydroxylation is 1. The van der Waals surface area contributed by atoms with E-state index in [1.807, 2.05) is 6.07 Å². The number of morpholine rings is 1. The third-order valence-corrected chi connectivity index (χ3v) is 4.79. The summed E-state index contributed by atoms with van der Waals surface area (Å²) in [4.78, 5) is 25.6. The van der Waals surface area contributed by atoms with Gasteiger partial charge in [0.1, 0.15) is 11.9 Å². The summed E-state index contributed by atoms with van der Waals surface area (Å²) in [5, 5.41) is 6.94. The summed E-state index contributed by atoms with van der Waals surface area (Å²) in [7, 11) is 1.79. The zero-order valence-corrected chi connectivity index (χ0v) is 14.8. The maximum absolute atomic E-state index is 12.5. The highest BCUT2D eigenvalue weighted by Gasteiger charge is 2.27. The fourth-order valence-corrected chi connectivity index (χ4v) is 3.31. The molecule has 4 heterocycles. The lowest BCUT2D eigenvalue weighted by atomic mass is 10.2. The first-order valence-corrected chi connectivity index (χ1v) is 8.94. The Hall–Kier alpha value is -2.68. The monoisotopic (exact) mass is 357 g/mol. The number of hydrogen-bond acceptors (Lipinski definition) is 6. The smallest absolute Gasteiger partial charge is 0.323 e. The van der Waals surface area contributed by atoms with Crippen molar-refractivity contribution in [1.82, 2.24) is 24.6 Å². The standard InChI is InChI=1S/C17H23N7O2/c1-22-15(5-7-19-22)21-17(25)24-10-11-26-14(12-24)13-4-6-18-16(20-13)23-8-2-3-9-23/h4-7,14H,2-3,8-12H2,1H3,(H,21,25). The first-order chi connectivity index (χ1) is 12.7. The van der Waals surface area contributed by atoms with E-state index in [1.54, 1.807) is 35.1 Å². The quantitative estimate of drug-likeness (QED) is 0.894. The highest BCUT2D eigenvalue weighted by atomic mass is 16.5. The van der Waals surface area contributed by atoms with Crippen molar-refractivity contribution in [2.24, 2.45) is 7.05 Å². The molecule has 4 rings (SSSR count). The van der Waals surface area contributed by atoms with Crippen molar-refractivity contribution in [3.63, 3.8) is 0 Å². The highest BCUT2D eigenvalue weighted by Crippen LogP contribution is 2.23. The summed E-state index contributed by atoms with van der Waals surface area (Å²) >= 11 is 0. The number of carbonyl (C=O) groups is 1. The Morgan fingerprint density at radius 2 is 2.08 bits per heavy atom. The fourth-order valence-electron chi connectivity index (χ4n) is 3.31. The van der Waals surface area contributed by atoms with Crippen LogP contribution in [0.2, 0.25) is 0 Å². The van der Waals surface area contributed by atoms with Crippen molar-refractivity contribution < 1.29 is 9.53 Å². The molecule has 2 aromatic rings. The van der Waals surface area contributed by atoms with Crippen molar-refractivity contribution in [3.05, 3.63) is 30.2 Å². The van der Waals surface area contributed by atoms with Gasteiger partial charge in [-0.1, -0.05) is 0 Å². The van der Waals surface area contributed by atoms with E-state index in [0.717, 1.165) is 24.7 Å². The van der Waals surface area contributed by atoms with Crippen LogP contribution in [0.25, 0.3) is 0 Å². The number of carbonyl (C=O) groups excluding carboxylic acids is 1. The first kappa shape index (κ1) is 16.8. The summed E-state index contributed by atoms with van der Waals surface area (Å²) in [6, 6.07) is 3.48. The van der Waals surface area contributed by atoms with E-state index in [9.17, 15) is 4.79 Å². The average Bonchev–Trinajstić information content (AvgIpc) is 3.35. The molecule has 2 saturated heterocycles. The molecule has 2 aromatic heterocycles. The van der Waals surface area contributed by atoms with E-state index in [2.05, 4.69) is 25.3 Å². The molecule has 1 N–H and O–H groups in total. The van der Waals surface area contributed by atoms with Crippen LogP contribution in [0, 0.1) is 0 Å². The number of amides is 2. The second-order valence-corrected chi connectivity index (χ2v) is 6.55. The van der Waals surface area contributed by atoms with E-state index in [-0.39, 0.29) is 12.1 Å². The first-order valence-electron chi connectivity index (χ1n) is 8.94. The van der Waals surface area contributed by atoms with Gasteiger partial charge < -0.3 is 14.5 Å². The van der Waals surface area contributed by atoms with Crippen LogP contribution < -0.4 is 10.2 Å². The van der Waals surface area contributed by atoms with Gasteiger partial charge >= 0.3 is 6.03 Å². The number of rotatable bonds is 3. The summed E-state index contributed by atoms with van der Waals surface area (Å²) in [5.74, 6) is 1.41. The number of hydrogen-bond donors (Lipinski definition) is 1. The van der Waals surface area contributed by atoms with Crippen molar-refractivity contribution in [2.45, 2.75) is 18.9 Å². The van der Waals surface area contributed by atoms with Crippen LogP contribution in [0.15, 0.2) is 24.5 Å². The zero-order valence-electron chi connectivity index (χ0n) is 14.8. The van der Waals surface area contributed by atoms with Crippen molar-refractivity contribution in [1.29, 1.82) is 0 Å². The Labute approximate surface area is 152 Å². The summed E-state index contributed by atoms with van der Waals surface area (Å²) < 4.78 is 7.50. The minimum atomic E-state index is -0.245. The predicted octanol–water partition coefficient (Wildman–Crippen LogP) is 1.42. The molecule has 9 nitrogen and oxygen atoms in total. The fraction of sp³-hybridized carbons (Fsp3) is 0.529. The van der Waals surface area contributed by atoms with Crippen LogP contribution in [-0.2, 0) is 11.8 Å². The SMILES string of the molecule is Cn1nccc1NC(=O)N1CCOC(c2ccnc(N3CCCC3)n2)C1. The number of nitrogens with zero attached hydrogens (tertiary/aromatic N) is 6. The minimum absolute atomic E-state index is 0.157. The van der Waals surface area contributed by atoms with Crippen LogP contribution in [0.5, 0.6) is 0 Å². The minimum Gasteiger partial charge on any atom is -0.368 e. The third kappa shape index (κ3) is 3.48. The Bertz CT molecular complexity index is 772. The molecule has 1 atom stereocenters. The largest absolute Gasteiger partial charge is 0.368 e. The van der Waals surface area contributed by atoms with Crippen molar-refractivity contribution in [2.75, 3.05) is 43.0 Å². The zero-order chi connectivity index (χ0) is 17.9. The predicted molar refractivity (Wildman–Crippen MR) is 96.0 cm³/mol. The molecule has 0 aliphatic carbocycles. The molecule has 2 amide bonds. The molecule has 0 saturated carbocycles. The van der Waals surface area contributed by atoms with Crippen LogP contribution in [0.3, 0.4) is 0 Å². The molecule has 0 radical (unpaired) electrons. The Morgan fingerprint density at radius 3 is 2.85 bits per heavy atom. The van der Waals surface area contributed by atoms with E-state index in [4.69, 9.17) is 4.74 Å². The van der Waals surface area contributed by atoms with Crippen LogP contribution in [0.4, 0.5) is 16.6 Å². The molecule has 0 aromatic carbocycles. The second-order valence-electron chi connectivity index (χ2n) is 6.55. The summed E-state index contributed by atoms with van der Waals surface area (Å²) in [6.07, 6.45) is 5.53. The number of anilines is 2. The van der Waals surface area contributed by atoms with Gasteiger partial charge in [0.25, 0.3) is 0 Å². The van der Waals surface area contributed by atoms with Gasteiger partial charge in [-0.2, -0.15) is 5.10 Å². The maximum atomic E-state index is 12.5. The molecule has 2 fully saturated rings. The van der Waals surface area contributed by atoms with Gasteiger partial charge in [0.05, 0.1) is 25.0 Å². The van der Waals surface area contributed by atoms with Gasteiger partial charge in [-0.15, -0.1) is 0 Å².